The highest BCUT2D eigenvalue weighted by Crippen LogP contribution is 2.43. The Morgan fingerprint density at radius 1 is 1.20 bits per heavy atom. The van der Waals surface area contributed by atoms with Crippen LogP contribution in [0.5, 0.6) is 0 Å². The molecule has 3 heteroatoms. The van der Waals surface area contributed by atoms with Crippen LogP contribution in [0.3, 0.4) is 0 Å². The van der Waals surface area contributed by atoms with E-state index in [0.29, 0.717) is 18.6 Å². The van der Waals surface area contributed by atoms with Gasteiger partial charge in [0.25, 0.3) is 0 Å². The van der Waals surface area contributed by atoms with Gasteiger partial charge in [-0.25, -0.2) is 4.79 Å². The highest BCUT2D eigenvalue weighted by atomic mass is 16.6. The lowest BCUT2D eigenvalue weighted by Gasteiger charge is -2.45. The van der Waals surface area contributed by atoms with Gasteiger partial charge in [-0.3, -0.25) is 0 Å². The molecule has 3 aliphatic carbocycles. The van der Waals surface area contributed by atoms with Gasteiger partial charge in [0.1, 0.15) is 6.61 Å². The third-order valence-electron chi connectivity index (χ3n) is 5.00. The van der Waals surface area contributed by atoms with Crippen LogP contribution in [-0.4, -0.2) is 24.1 Å². The molecule has 0 heterocycles. The highest BCUT2D eigenvalue weighted by molar-refractivity contribution is 5.67. The topological polar surface area (TPSA) is 29.5 Å². The van der Waals surface area contributed by atoms with Crippen molar-refractivity contribution in [2.45, 2.75) is 44.8 Å². The second-order valence-corrected chi connectivity index (χ2v) is 6.23. The Morgan fingerprint density at radius 3 is 2.50 bits per heavy atom. The van der Waals surface area contributed by atoms with Crippen molar-refractivity contribution in [1.82, 2.24) is 4.90 Å². The number of fused-ring (bicyclic) bond motifs is 3. The van der Waals surface area contributed by atoms with E-state index < -0.39 is 0 Å². The summed E-state index contributed by atoms with van der Waals surface area (Å²) >= 11 is 0. The molecular weight excluding hydrogens is 250 g/mol. The molecule has 0 aromatic heterocycles. The fourth-order valence-electron chi connectivity index (χ4n) is 3.77. The number of ether oxygens (including phenoxy) is 1. The number of amides is 1. The van der Waals surface area contributed by atoms with E-state index in [1.165, 1.54) is 32.1 Å². The lowest BCUT2D eigenvalue weighted by atomic mass is 9.67. The molecule has 3 nitrogen and oxygen atoms in total. The first-order valence-electron chi connectivity index (χ1n) is 7.67. The maximum absolute atomic E-state index is 12.2. The number of benzene rings is 1. The minimum Gasteiger partial charge on any atom is -0.445 e. The van der Waals surface area contributed by atoms with Crippen LogP contribution in [0.2, 0.25) is 0 Å². The average molecular weight is 273 g/mol. The molecular formula is C17H23NO2. The third-order valence-corrected chi connectivity index (χ3v) is 5.00. The quantitative estimate of drug-likeness (QED) is 0.837. The van der Waals surface area contributed by atoms with Crippen LogP contribution in [0.4, 0.5) is 4.79 Å². The van der Waals surface area contributed by atoms with E-state index in [1.54, 1.807) is 0 Å². The van der Waals surface area contributed by atoms with Gasteiger partial charge in [-0.05, 0) is 36.7 Å². The zero-order valence-electron chi connectivity index (χ0n) is 12.1. The van der Waals surface area contributed by atoms with Crippen LogP contribution in [0.25, 0.3) is 0 Å². The van der Waals surface area contributed by atoms with Crippen molar-refractivity contribution in [3.05, 3.63) is 35.9 Å². The maximum Gasteiger partial charge on any atom is 0.410 e. The second-order valence-electron chi connectivity index (χ2n) is 6.23. The molecule has 0 saturated heterocycles. The Morgan fingerprint density at radius 2 is 1.90 bits per heavy atom. The summed E-state index contributed by atoms with van der Waals surface area (Å²) in [6, 6.07) is 10.3. The molecule has 3 saturated carbocycles. The lowest BCUT2D eigenvalue weighted by molar-refractivity contribution is 0.0320. The van der Waals surface area contributed by atoms with Gasteiger partial charge < -0.3 is 9.64 Å². The van der Waals surface area contributed by atoms with E-state index >= 15 is 0 Å². The van der Waals surface area contributed by atoms with E-state index in [-0.39, 0.29) is 6.09 Å². The van der Waals surface area contributed by atoms with Crippen LogP contribution >= 0.6 is 0 Å². The molecule has 1 unspecified atom stereocenters. The van der Waals surface area contributed by atoms with Crippen LogP contribution in [0.1, 0.15) is 37.7 Å². The molecule has 4 rings (SSSR count). The summed E-state index contributed by atoms with van der Waals surface area (Å²) in [7, 11) is 1.90. The minimum atomic E-state index is -0.175. The molecule has 3 fully saturated rings. The van der Waals surface area contributed by atoms with Crippen molar-refractivity contribution in [1.29, 1.82) is 0 Å². The molecule has 2 bridgehead atoms. The molecule has 1 amide bonds. The Kier molecular flexibility index (Phi) is 3.95. The fourth-order valence-corrected chi connectivity index (χ4v) is 3.77. The second kappa shape index (κ2) is 5.86. The van der Waals surface area contributed by atoms with Gasteiger partial charge in [0, 0.05) is 13.1 Å². The summed E-state index contributed by atoms with van der Waals surface area (Å²) in [6.45, 7) is 0.366. The van der Waals surface area contributed by atoms with E-state index in [2.05, 4.69) is 0 Å². The maximum atomic E-state index is 12.2. The molecule has 20 heavy (non-hydrogen) atoms. The normalized spacial score (nSPS) is 28.1. The lowest BCUT2D eigenvalue weighted by Crippen LogP contribution is -2.48. The third kappa shape index (κ3) is 2.82. The van der Waals surface area contributed by atoms with Crippen molar-refractivity contribution in [3.63, 3.8) is 0 Å². The SMILES string of the molecule is CN(C(=O)OCc1ccccc1)C1CC2CCC1CC2. The van der Waals surface area contributed by atoms with Crippen molar-refractivity contribution in [2.75, 3.05) is 7.05 Å². The fraction of sp³-hybridized carbons (Fsp3) is 0.588. The van der Waals surface area contributed by atoms with Crippen molar-refractivity contribution in [2.24, 2.45) is 11.8 Å². The summed E-state index contributed by atoms with van der Waals surface area (Å²) in [5.41, 5.74) is 1.04. The molecule has 0 radical (unpaired) electrons. The van der Waals surface area contributed by atoms with Crippen LogP contribution in [0, 0.1) is 11.8 Å². The van der Waals surface area contributed by atoms with Crippen molar-refractivity contribution in [3.8, 4) is 0 Å². The van der Waals surface area contributed by atoms with Crippen molar-refractivity contribution < 1.29 is 9.53 Å². The van der Waals surface area contributed by atoms with E-state index in [1.807, 2.05) is 42.3 Å². The monoisotopic (exact) mass is 273 g/mol. The van der Waals surface area contributed by atoms with Crippen LogP contribution in [-0.2, 0) is 11.3 Å². The first-order chi connectivity index (χ1) is 9.74. The molecule has 0 spiro atoms. The largest absolute Gasteiger partial charge is 0.445 e. The van der Waals surface area contributed by atoms with Gasteiger partial charge in [0.2, 0.25) is 0 Å². The van der Waals surface area contributed by atoms with Gasteiger partial charge in [-0.15, -0.1) is 0 Å². The summed E-state index contributed by atoms with van der Waals surface area (Å²) in [5.74, 6) is 1.52. The zero-order chi connectivity index (χ0) is 13.9. The summed E-state index contributed by atoms with van der Waals surface area (Å²) in [4.78, 5) is 14.0. The summed E-state index contributed by atoms with van der Waals surface area (Å²) in [5, 5.41) is 0. The molecule has 108 valence electrons. The number of nitrogens with zero attached hydrogens (tertiary/aromatic N) is 1. The van der Waals surface area contributed by atoms with Gasteiger partial charge in [-0.2, -0.15) is 0 Å². The zero-order valence-corrected chi connectivity index (χ0v) is 12.1. The van der Waals surface area contributed by atoms with Gasteiger partial charge in [0.05, 0.1) is 0 Å². The average Bonchev–Trinajstić information content (AvgIpc) is 2.54. The molecule has 3 aliphatic rings. The molecule has 1 atom stereocenters. The first kappa shape index (κ1) is 13.5. The van der Waals surface area contributed by atoms with Gasteiger partial charge in [0.15, 0.2) is 0 Å². The molecule has 0 N–H and O–H groups in total. The van der Waals surface area contributed by atoms with Crippen LogP contribution in [0.15, 0.2) is 30.3 Å². The Labute approximate surface area is 120 Å². The number of hydrogen-bond donors (Lipinski definition) is 0. The summed E-state index contributed by atoms with van der Waals surface area (Å²) < 4.78 is 5.44. The highest BCUT2D eigenvalue weighted by Gasteiger charge is 2.39. The number of carbonyl (C=O) groups excluding carboxylic acids is 1. The van der Waals surface area contributed by atoms with E-state index in [0.717, 1.165) is 11.5 Å². The van der Waals surface area contributed by atoms with E-state index in [4.69, 9.17) is 4.74 Å². The minimum absolute atomic E-state index is 0.175. The summed E-state index contributed by atoms with van der Waals surface area (Å²) in [6.07, 6.45) is 6.27. The van der Waals surface area contributed by atoms with Crippen LogP contribution < -0.4 is 0 Å². The predicted octanol–water partition coefficient (Wildman–Crippen LogP) is 3.83. The number of carbonyl (C=O) groups is 1. The van der Waals surface area contributed by atoms with Gasteiger partial charge in [-0.1, -0.05) is 43.2 Å². The predicted molar refractivity (Wildman–Crippen MR) is 78.2 cm³/mol. The smallest absolute Gasteiger partial charge is 0.410 e. The number of hydrogen-bond acceptors (Lipinski definition) is 2. The Bertz CT molecular complexity index is 451. The van der Waals surface area contributed by atoms with E-state index in [9.17, 15) is 4.79 Å². The Balaban J connectivity index is 1.54. The number of rotatable bonds is 3. The molecule has 0 aliphatic heterocycles. The molecule has 1 aromatic rings. The van der Waals surface area contributed by atoms with Crippen molar-refractivity contribution >= 4 is 6.09 Å². The molecule has 1 aromatic carbocycles. The van der Waals surface area contributed by atoms with Gasteiger partial charge >= 0.3 is 6.09 Å². The standard InChI is InChI=1S/C17H23NO2/c1-18(16-11-13-7-9-15(16)10-8-13)17(19)20-12-14-5-3-2-4-6-14/h2-6,13,15-16H,7-12H2,1H3. The first-order valence-corrected chi connectivity index (χ1v) is 7.67. The Hall–Kier alpha value is -1.51.